The highest BCUT2D eigenvalue weighted by Gasteiger charge is 2.09. The molecule has 4 nitrogen and oxygen atoms in total. The van der Waals surface area contributed by atoms with E-state index in [-0.39, 0.29) is 12.3 Å². The van der Waals surface area contributed by atoms with Crippen LogP contribution in [0.2, 0.25) is 10.0 Å². The van der Waals surface area contributed by atoms with Crippen molar-refractivity contribution >= 4 is 35.4 Å². The molecule has 0 bridgehead atoms. The number of hydrazone groups is 1. The number of amides is 1. The van der Waals surface area contributed by atoms with Gasteiger partial charge in [-0.3, -0.25) is 4.79 Å². The van der Waals surface area contributed by atoms with E-state index >= 15 is 0 Å². The lowest BCUT2D eigenvalue weighted by atomic mass is 10.1. The van der Waals surface area contributed by atoms with E-state index in [1.54, 1.807) is 18.2 Å². The molecule has 0 fully saturated rings. The molecule has 0 aliphatic rings. The van der Waals surface area contributed by atoms with Gasteiger partial charge in [0.2, 0.25) is 5.91 Å². The van der Waals surface area contributed by atoms with E-state index in [9.17, 15) is 4.79 Å². The van der Waals surface area contributed by atoms with Gasteiger partial charge in [-0.15, -0.1) is 0 Å². The number of rotatable bonds is 3. The molecule has 0 atom stereocenters. The van der Waals surface area contributed by atoms with Crippen LogP contribution in [-0.2, 0) is 11.2 Å². The summed E-state index contributed by atoms with van der Waals surface area (Å²) in [4.78, 5) is 11.3. The molecule has 0 heterocycles. The Bertz CT molecular complexity index is 373. The summed E-state index contributed by atoms with van der Waals surface area (Å²) in [7, 11) is 0. The predicted octanol–water partition coefficient (Wildman–Crippen LogP) is 1.55. The topological polar surface area (TPSA) is 67.5 Å². The Kier molecular flexibility index (Phi) is 4.39. The lowest BCUT2D eigenvalue weighted by Crippen LogP contribution is -2.20. The molecule has 6 heteroatoms. The average Bonchev–Trinajstić information content (AvgIpc) is 2.21. The molecule has 1 aromatic carbocycles. The van der Waals surface area contributed by atoms with Crippen LogP contribution < -0.4 is 11.2 Å². The standard InChI is InChI=1S/C9H9Cl2N3O/c10-7-2-1-3-8(11)6(7)4-9(15)14-13-5-12/h1-3,5H,4H2,(H2,12,13)(H,14,15). The maximum absolute atomic E-state index is 11.3. The van der Waals surface area contributed by atoms with Crippen LogP contribution in [0.5, 0.6) is 0 Å². The Morgan fingerprint density at radius 1 is 1.47 bits per heavy atom. The zero-order chi connectivity index (χ0) is 11.3. The third-order valence-corrected chi connectivity index (χ3v) is 2.37. The Balaban J connectivity index is 2.76. The SMILES string of the molecule is NC=NNC(=O)Cc1c(Cl)cccc1Cl. The summed E-state index contributed by atoms with van der Waals surface area (Å²) in [5.41, 5.74) is 7.77. The van der Waals surface area contributed by atoms with E-state index < -0.39 is 0 Å². The number of hydrogen-bond donors (Lipinski definition) is 2. The van der Waals surface area contributed by atoms with Gasteiger partial charge < -0.3 is 5.73 Å². The first-order chi connectivity index (χ1) is 7.15. The summed E-state index contributed by atoms with van der Waals surface area (Å²) in [6.45, 7) is 0. The molecule has 0 aliphatic heterocycles. The van der Waals surface area contributed by atoms with Gasteiger partial charge >= 0.3 is 0 Å². The summed E-state index contributed by atoms with van der Waals surface area (Å²) in [5.74, 6) is -0.327. The molecule has 0 spiro atoms. The van der Waals surface area contributed by atoms with Crippen LogP contribution in [-0.4, -0.2) is 12.2 Å². The second-order valence-corrected chi connectivity index (χ2v) is 3.50. The molecule has 1 amide bonds. The molecule has 3 N–H and O–H groups in total. The van der Waals surface area contributed by atoms with E-state index in [2.05, 4.69) is 10.5 Å². The van der Waals surface area contributed by atoms with Gasteiger partial charge in [0, 0.05) is 10.0 Å². The first-order valence-corrected chi connectivity index (χ1v) is 4.85. The Labute approximate surface area is 97.0 Å². The van der Waals surface area contributed by atoms with Crippen molar-refractivity contribution in [2.45, 2.75) is 6.42 Å². The fraction of sp³-hybridized carbons (Fsp3) is 0.111. The van der Waals surface area contributed by atoms with E-state index in [0.717, 1.165) is 6.34 Å². The minimum Gasteiger partial charge on any atom is -0.388 e. The molecule has 0 saturated heterocycles. The van der Waals surface area contributed by atoms with Crippen LogP contribution in [0.25, 0.3) is 0 Å². The number of hydrogen-bond acceptors (Lipinski definition) is 2. The van der Waals surface area contributed by atoms with Crippen molar-refractivity contribution in [3.63, 3.8) is 0 Å². The van der Waals surface area contributed by atoms with Gasteiger partial charge in [0.15, 0.2) is 0 Å². The Hall–Kier alpha value is -1.26. The van der Waals surface area contributed by atoms with Gasteiger partial charge in [0.1, 0.15) is 6.34 Å². The monoisotopic (exact) mass is 245 g/mol. The molecule has 1 rings (SSSR count). The van der Waals surface area contributed by atoms with Gasteiger partial charge in [-0.2, -0.15) is 5.10 Å². The summed E-state index contributed by atoms with van der Waals surface area (Å²) in [6.07, 6.45) is 1.06. The minimum atomic E-state index is -0.327. The molecule has 0 radical (unpaired) electrons. The van der Waals surface area contributed by atoms with E-state index in [0.29, 0.717) is 15.6 Å². The van der Waals surface area contributed by atoms with Gasteiger partial charge in [-0.1, -0.05) is 29.3 Å². The fourth-order valence-corrected chi connectivity index (χ4v) is 1.54. The molecular weight excluding hydrogens is 237 g/mol. The maximum Gasteiger partial charge on any atom is 0.244 e. The quantitative estimate of drug-likeness (QED) is 0.482. The molecule has 0 aromatic heterocycles. The predicted molar refractivity (Wildman–Crippen MR) is 61.0 cm³/mol. The van der Waals surface area contributed by atoms with Crippen LogP contribution in [0.15, 0.2) is 23.3 Å². The Morgan fingerprint density at radius 2 is 2.07 bits per heavy atom. The number of halogens is 2. The zero-order valence-electron chi connectivity index (χ0n) is 7.71. The van der Waals surface area contributed by atoms with E-state index in [1.165, 1.54) is 0 Å². The molecule has 15 heavy (non-hydrogen) atoms. The largest absolute Gasteiger partial charge is 0.388 e. The number of nitrogens with one attached hydrogen (secondary N) is 1. The summed E-state index contributed by atoms with van der Waals surface area (Å²) in [5, 5.41) is 4.30. The van der Waals surface area contributed by atoms with Crippen LogP contribution in [0.1, 0.15) is 5.56 Å². The van der Waals surface area contributed by atoms with Crippen molar-refractivity contribution in [3.05, 3.63) is 33.8 Å². The summed E-state index contributed by atoms with van der Waals surface area (Å²) < 4.78 is 0. The molecule has 0 aliphatic carbocycles. The van der Waals surface area contributed by atoms with Crippen molar-refractivity contribution in [1.29, 1.82) is 0 Å². The first kappa shape index (κ1) is 11.8. The summed E-state index contributed by atoms with van der Waals surface area (Å²) >= 11 is 11.8. The van der Waals surface area contributed by atoms with Crippen LogP contribution >= 0.6 is 23.2 Å². The number of nitrogens with two attached hydrogens (primary N) is 1. The molecule has 80 valence electrons. The number of benzene rings is 1. The van der Waals surface area contributed by atoms with Crippen molar-refractivity contribution < 1.29 is 4.79 Å². The fourth-order valence-electron chi connectivity index (χ4n) is 1.01. The minimum absolute atomic E-state index is 0.0653. The second kappa shape index (κ2) is 5.58. The van der Waals surface area contributed by atoms with Crippen molar-refractivity contribution in [2.24, 2.45) is 10.8 Å². The lowest BCUT2D eigenvalue weighted by molar-refractivity contribution is -0.120. The molecular formula is C9H9Cl2N3O. The third-order valence-electron chi connectivity index (χ3n) is 1.66. The van der Waals surface area contributed by atoms with E-state index in [4.69, 9.17) is 28.9 Å². The highest BCUT2D eigenvalue weighted by Crippen LogP contribution is 2.24. The Morgan fingerprint density at radius 3 is 2.60 bits per heavy atom. The highest BCUT2D eigenvalue weighted by atomic mass is 35.5. The van der Waals surface area contributed by atoms with E-state index in [1.807, 2.05) is 0 Å². The third kappa shape index (κ3) is 3.42. The second-order valence-electron chi connectivity index (χ2n) is 2.69. The average molecular weight is 246 g/mol. The number of carbonyl (C=O) groups is 1. The zero-order valence-corrected chi connectivity index (χ0v) is 9.22. The smallest absolute Gasteiger partial charge is 0.244 e. The van der Waals surface area contributed by atoms with Crippen LogP contribution in [0.4, 0.5) is 0 Å². The van der Waals surface area contributed by atoms with Crippen LogP contribution in [0.3, 0.4) is 0 Å². The molecule has 1 aromatic rings. The highest BCUT2D eigenvalue weighted by molar-refractivity contribution is 6.36. The van der Waals surface area contributed by atoms with Crippen molar-refractivity contribution in [1.82, 2.24) is 5.43 Å². The van der Waals surface area contributed by atoms with Gasteiger partial charge in [0.05, 0.1) is 6.42 Å². The summed E-state index contributed by atoms with van der Waals surface area (Å²) in [6, 6.07) is 5.05. The normalized spacial score (nSPS) is 10.5. The lowest BCUT2D eigenvalue weighted by Gasteiger charge is -2.05. The number of carbonyl (C=O) groups excluding carboxylic acids is 1. The number of nitrogens with zero attached hydrogens (tertiary/aromatic N) is 1. The van der Waals surface area contributed by atoms with Gasteiger partial charge in [-0.25, -0.2) is 5.43 Å². The first-order valence-electron chi connectivity index (χ1n) is 4.10. The van der Waals surface area contributed by atoms with Crippen molar-refractivity contribution in [2.75, 3.05) is 0 Å². The molecule has 0 unspecified atom stereocenters. The molecule has 0 saturated carbocycles. The maximum atomic E-state index is 11.3. The van der Waals surface area contributed by atoms with Gasteiger partial charge in [-0.05, 0) is 17.7 Å². The van der Waals surface area contributed by atoms with Gasteiger partial charge in [0.25, 0.3) is 0 Å². The van der Waals surface area contributed by atoms with Crippen molar-refractivity contribution in [3.8, 4) is 0 Å². The van der Waals surface area contributed by atoms with Crippen LogP contribution in [0, 0.1) is 0 Å².